The van der Waals surface area contributed by atoms with E-state index in [0.29, 0.717) is 6.42 Å². The predicted octanol–water partition coefficient (Wildman–Crippen LogP) is 6.04. The van der Waals surface area contributed by atoms with E-state index in [9.17, 15) is 5.11 Å². The van der Waals surface area contributed by atoms with E-state index in [0.717, 1.165) is 27.0 Å². The van der Waals surface area contributed by atoms with E-state index in [4.69, 9.17) is 4.74 Å². The molecular formula is C23H24BrNO2. The zero-order valence-corrected chi connectivity index (χ0v) is 17.1. The lowest BCUT2D eigenvalue weighted by atomic mass is 9.96. The Labute approximate surface area is 169 Å². The van der Waals surface area contributed by atoms with Crippen molar-refractivity contribution in [3.63, 3.8) is 0 Å². The maximum atomic E-state index is 10.8. The van der Waals surface area contributed by atoms with Gasteiger partial charge in [0.2, 0.25) is 0 Å². The average molecular weight is 426 g/mol. The molecule has 0 aliphatic heterocycles. The second-order valence-electron chi connectivity index (χ2n) is 6.64. The van der Waals surface area contributed by atoms with Crippen LogP contribution in [0.15, 0.2) is 77.3 Å². The highest BCUT2D eigenvalue weighted by Gasteiger charge is 2.18. The molecule has 0 amide bonds. The van der Waals surface area contributed by atoms with Gasteiger partial charge in [0.15, 0.2) is 0 Å². The van der Waals surface area contributed by atoms with E-state index < -0.39 is 6.10 Å². The summed E-state index contributed by atoms with van der Waals surface area (Å²) in [5.74, 6) is 0.785. The first-order valence-electron chi connectivity index (χ1n) is 8.96. The molecule has 0 heterocycles. The molecule has 2 unspecified atom stereocenters. The Balaban J connectivity index is 1.81. The fourth-order valence-electron chi connectivity index (χ4n) is 3.01. The molecule has 0 aliphatic carbocycles. The van der Waals surface area contributed by atoms with Crippen molar-refractivity contribution < 1.29 is 9.84 Å². The quantitative estimate of drug-likeness (QED) is 0.484. The van der Waals surface area contributed by atoms with Crippen LogP contribution < -0.4 is 10.1 Å². The Hall–Kier alpha value is -2.30. The van der Waals surface area contributed by atoms with Crippen molar-refractivity contribution in [1.82, 2.24) is 0 Å². The molecular weight excluding hydrogens is 402 g/mol. The monoisotopic (exact) mass is 425 g/mol. The number of benzene rings is 3. The van der Waals surface area contributed by atoms with E-state index in [1.54, 1.807) is 7.11 Å². The normalized spacial score (nSPS) is 13.0. The second-order valence-corrected chi connectivity index (χ2v) is 7.55. The molecule has 3 nitrogen and oxygen atoms in total. The molecule has 4 heteroatoms. The number of ether oxygens (including phenoxy) is 1. The smallest absolute Gasteiger partial charge is 0.118 e. The van der Waals surface area contributed by atoms with Crippen LogP contribution in [0, 0.1) is 6.92 Å². The van der Waals surface area contributed by atoms with Crippen LogP contribution in [0.4, 0.5) is 5.69 Å². The number of halogens is 1. The van der Waals surface area contributed by atoms with Gasteiger partial charge in [0.25, 0.3) is 0 Å². The minimum absolute atomic E-state index is 0.0158. The van der Waals surface area contributed by atoms with Crippen LogP contribution in [-0.2, 0) is 0 Å². The Morgan fingerprint density at radius 3 is 2.07 bits per heavy atom. The Morgan fingerprint density at radius 2 is 1.48 bits per heavy atom. The second kappa shape index (κ2) is 9.07. The van der Waals surface area contributed by atoms with E-state index >= 15 is 0 Å². The van der Waals surface area contributed by atoms with Gasteiger partial charge in [-0.2, -0.15) is 0 Å². The summed E-state index contributed by atoms with van der Waals surface area (Å²) in [7, 11) is 1.64. The van der Waals surface area contributed by atoms with Gasteiger partial charge in [-0.05, 0) is 54.4 Å². The number of aliphatic hydroxyl groups is 1. The van der Waals surface area contributed by atoms with Crippen LogP contribution in [0.25, 0.3) is 0 Å². The van der Waals surface area contributed by atoms with Crippen molar-refractivity contribution in [1.29, 1.82) is 0 Å². The summed E-state index contributed by atoms with van der Waals surface area (Å²) in [6.07, 6.45) is -0.0236. The molecule has 0 bridgehead atoms. The number of anilines is 1. The summed E-state index contributed by atoms with van der Waals surface area (Å²) < 4.78 is 6.24. The highest BCUT2D eigenvalue weighted by Crippen LogP contribution is 2.31. The van der Waals surface area contributed by atoms with Gasteiger partial charge in [0.05, 0.1) is 19.3 Å². The first kappa shape index (κ1) is 19.5. The first-order chi connectivity index (χ1) is 13.0. The third kappa shape index (κ3) is 5.34. The summed E-state index contributed by atoms with van der Waals surface area (Å²) in [6, 6.07) is 24.1. The SMILES string of the molecule is COc1ccc(C(O)CC(Nc2ccc(C)cc2)c2ccc(Br)cc2)cc1. The van der Waals surface area contributed by atoms with Gasteiger partial charge in [0.1, 0.15) is 5.75 Å². The minimum atomic E-state index is -0.581. The Kier molecular flexibility index (Phi) is 6.54. The lowest BCUT2D eigenvalue weighted by molar-refractivity contribution is 0.160. The standard InChI is InChI=1S/C23H24BrNO2/c1-16-3-11-20(12-4-16)25-22(17-5-9-19(24)10-6-17)15-23(26)18-7-13-21(27-2)14-8-18/h3-14,22-23,25-26H,15H2,1-2H3. The van der Waals surface area contributed by atoms with Gasteiger partial charge in [-0.1, -0.05) is 57.9 Å². The lowest BCUT2D eigenvalue weighted by Gasteiger charge is -2.24. The van der Waals surface area contributed by atoms with Gasteiger partial charge < -0.3 is 15.2 Å². The zero-order chi connectivity index (χ0) is 19.2. The summed E-state index contributed by atoms with van der Waals surface area (Å²) in [4.78, 5) is 0. The summed E-state index contributed by atoms with van der Waals surface area (Å²) in [5.41, 5.74) is 4.27. The van der Waals surface area contributed by atoms with Crippen LogP contribution in [0.1, 0.15) is 35.3 Å². The molecule has 0 saturated carbocycles. The van der Waals surface area contributed by atoms with Crippen LogP contribution in [-0.4, -0.2) is 12.2 Å². The number of aryl methyl sites for hydroxylation is 1. The molecule has 140 valence electrons. The van der Waals surface area contributed by atoms with Crippen LogP contribution in [0.5, 0.6) is 5.75 Å². The van der Waals surface area contributed by atoms with Crippen LogP contribution in [0.2, 0.25) is 0 Å². The number of hydrogen-bond donors (Lipinski definition) is 2. The topological polar surface area (TPSA) is 41.5 Å². The van der Waals surface area contributed by atoms with Gasteiger partial charge in [-0.25, -0.2) is 0 Å². The van der Waals surface area contributed by atoms with Crippen molar-refractivity contribution in [3.8, 4) is 5.75 Å². The maximum absolute atomic E-state index is 10.8. The summed E-state index contributed by atoms with van der Waals surface area (Å²) >= 11 is 3.49. The third-order valence-corrected chi connectivity index (χ3v) is 5.15. The first-order valence-corrected chi connectivity index (χ1v) is 9.75. The lowest BCUT2D eigenvalue weighted by Crippen LogP contribution is -2.15. The highest BCUT2D eigenvalue weighted by atomic mass is 79.9. The number of rotatable bonds is 7. The van der Waals surface area contributed by atoms with E-state index in [1.165, 1.54) is 5.56 Å². The van der Waals surface area contributed by atoms with Crippen LogP contribution in [0.3, 0.4) is 0 Å². The Morgan fingerprint density at radius 1 is 0.889 bits per heavy atom. The molecule has 0 fully saturated rings. The molecule has 27 heavy (non-hydrogen) atoms. The predicted molar refractivity (Wildman–Crippen MR) is 114 cm³/mol. The molecule has 0 aromatic heterocycles. The molecule has 3 rings (SSSR count). The fourth-order valence-corrected chi connectivity index (χ4v) is 3.27. The molecule has 0 saturated heterocycles. The van der Waals surface area contributed by atoms with Gasteiger partial charge in [-0.3, -0.25) is 0 Å². The Bertz CT molecular complexity index is 845. The minimum Gasteiger partial charge on any atom is -0.497 e. The average Bonchev–Trinajstić information content (AvgIpc) is 2.70. The molecule has 0 aliphatic rings. The van der Waals surface area contributed by atoms with E-state index in [1.807, 2.05) is 36.4 Å². The molecule has 2 atom stereocenters. The number of aliphatic hydroxyl groups excluding tert-OH is 1. The van der Waals surface area contributed by atoms with E-state index in [-0.39, 0.29) is 6.04 Å². The third-order valence-electron chi connectivity index (χ3n) is 4.62. The molecule has 0 radical (unpaired) electrons. The summed E-state index contributed by atoms with van der Waals surface area (Å²) in [5, 5.41) is 14.4. The molecule has 3 aromatic rings. The van der Waals surface area contributed by atoms with Crippen molar-refractivity contribution in [2.24, 2.45) is 0 Å². The van der Waals surface area contributed by atoms with E-state index in [2.05, 4.69) is 64.6 Å². The van der Waals surface area contributed by atoms with Crippen LogP contribution >= 0.6 is 15.9 Å². The van der Waals surface area contributed by atoms with Crippen molar-refractivity contribution in [2.45, 2.75) is 25.5 Å². The van der Waals surface area contributed by atoms with Gasteiger partial charge >= 0.3 is 0 Å². The number of hydrogen-bond acceptors (Lipinski definition) is 3. The number of nitrogens with one attached hydrogen (secondary N) is 1. The maximum Gasteiger partial charge on any atom is 0.118 e. The largest absolute Gasteiger partial charge is 0.497 e. The molecule has 2 N–H and O–H groups in total. The molecule has 3 aromatic carbocycles. The summed E-state index contributed by atoms with van der Waals surface area (Å²) in [6.45, 7) is 2.07. The zero-order valence-electron chi connectivity index (χ0n) is 15.5. The van der Waals surface area contributed by atoms with Gasteiger partial charge in [-0.15, -0.1) is 0 Å². The van der Waals surface area contributed by atoms with Crippen molar-refractivity contribution in [2.75, 3.05) is 12.4 Å². The molecule has 0 spiro atoms. The van der Waals surface area contributed by atoms with Crippen molar-refractivity contribution in [3.05, 3.63) is 94.0 Å². The van der Waals surface area contributed by atoms with Gasteiger partial charge in [0, 0.05) is 16.6 Å². The van der Waals surface area contributed by atoms with Crippen molar-refractivity contribution >= 4 is 21.6 Å². The number of methoxy groups -OCH3 is 1. The fraction of sp³-hybridized carbons (Fsp3) is 0.217. The highest BCUT2D eigenvalue weighted by molar-refractivity contribution is 9.10.